The van der Waals surface area contributed by atoms with Crippen LogP contribution in [0.2, 0.25) is 0 Å². The lowest BCUT2D eigenvalue weighted by atomic mass is 10.2. The molecule has 1 N–H and O–H groups in total. The predicted octanol–water partition coefficient (Wildman–Crippen LogP) is 1.16. The van der Waals surface area contributed by atoms with Crippen LogP contribution < -0.4 is 0 Å². The number of ether oxygens (including phenoxy) is 1. The molecule has 0 aromatic heterocycles. The van der Waals surface area contributed by atoms with Gasteiger partial charge in [-0.05, 0) is 30.8 Å². The number of hydrogen-bond donors (Lipinski definition) is 1. The quantitative estimate of drug-likeness (QED) is 0.597. The minimum atomic E-state index is 0.321. The van der Waals surface area contributed by atoms with Crippen LogP contribution in [0.3, 0.4) is 0 Å². The molecule has 1 aliphatic carbocycles. The first kappa shape index (κ1) is 7.61. The summed E-state index contributed by atoms with van der Waals surface area (Å²) in [6.07, 6.45) is 5.96. The molecule has 1 saturated carbocycles. The van der Waals surface area contributed by atoms with E-state index >= 15 is 0 Å². The van der Waals surface area contributed by atoms with Gasteiger partial charge in [0.15, 0.2) is 0 Å². The van der Waals surface area contributed by atoms with Crippen LogP contribution in [0.4, 0.5) is 0 Å². The van der Waals surface area contributed by atoms with Crippen molar-refractivity contribution in [1.82, 2.24) is 0 Å². The smallest absolute Gasteiger partial charge is 0.0787 e. The summed E-state index contributed by atoms with van der Waals surface area (Å²) in [4.78, 5) is 0. The van der Waals surface area contributed by atoms with Gasteiger partial charge in [-0.15, -0.1) is 0 Å². The van der Waals surface area contributed by atoms with Crippen LogP contribution in [0.25, 0.3) is 0 Å². The Morgan fingerprint density at radius 1 is 1.70 bits per heavy atom. The molecule has 2 nitrogen and oxygen atoms in total. The van der Waals surface area contributed by atoms with E-state index in [9.17, 15) is 0 Å². The summed E-state index contributed by atoms with van der Waals surface area (Å²) in [7, 11) is 1.65. The van der Waals surface area contributed by atoms with E-state index in [1.807, 2.05) is 0 Å². The Hall–Kier alpha value is -0.500. The molecule has 0 bridgehead atoms. The Morgan fingerprint density at radius 2 is 2.50 bits per heavy atom. The minimum absolute atomic E-state index is 0.321. The van der Waals surface area contributed by atoms with Crippen LogP contribution in [0.5, 0.6) is 0 Å². The van der Waals surface area contributed by atoms with E-state index < -0.39 is 0 Å². The zero-order valence-corrected chi connectivity index (χ0v) is 6.29. The van der Waals surface area contributed by atoms with E-state index in [2.05, 4.69) is 6.08 Å². The van der Waals surface area contributed by atoms with Gasteiger partial charge < -0.3 is 9.84 Å². The lowest BCUT2D eigenvalue weighted by molar-refractivity contribution is 0.278. The van der Waals surface area contributed by atoms with Gasteiger partial charge in [0, 0.05) is 6.61 Å². The molecule has 10 heavy (non-hydrogen) atoms. The van der Waals surface area contributed by atoms with Crippen molar-refractivity contribution in [2.75, 3.05) is 13.7 Å². The van der Waals surface area contributed by atoms with E-state index in [0.29, 0.717) is 12.5 Å². The molecular weight excluding hydrogens is 128 g/mol. The first-order chi connectivity index (χ1) is 4.88. The molecule has 1 rings (SSSR count). The summed E-state index contributed by atoms with van der Waals surface area (Å²) in [5.41, 5.74) is 0. The third-order valence-corrected chi connectivity index (χ3v) is 1.94. The summed E-state index contributed by atoms with van der Waals surface area (Å²) in [6, 6.07) is 0. The van der Waals surface area contributed by atoms with E-state index in [4.69, 9.17) is 9.84 Å². The SMILES string of the molecule is CO/C=C/C1CC1CCO. The van der Waals surface area contributed by atoms with Crippen molar-refractivity contribution in [2.45, 2.75) is 12.8 Å². The molecule has 0 aliphatic heterocycles. The van der Waals surface area contributed by atoms with E-state index in [1.165, 1.54) is 6.42 Å². The van der Waals surface area contributed by atoms with Crippen molar-refractivity contribution in [3.63, 3.8) is 0 Å². The van der Waals surface area contributed by atoms with Crippen molar-refractivity contribution >= 4 is 0 Å². The Bertz CT molecular complexity index is 120. The molecule has 1 aliphatic rings. The normalized spacial score (nSPS) is 31.0. The third-order valence-electron chi connectivity index (χ3n) is 1.94. The summed E-state index contributed by atoms with van der Waals surface area (Å²) in [5.74, 6) is 1.39. The summed E-state index contributed by atoms with van der Waals surface area (Å²) in [6.45, 7) is 0.321. The molecule has 0 aromatic carbocycles. The van der Waals surface area contributed by atoms with E-state index in [0.717, 1.165) is 12.3 Å². The fraction of sp³-hybridized carbons (Fsp3) is 0.750. The van der Waals surface area contributed by atoms with Crippen molar-refractivity contribution in [3.05, 3.63) is 12.3 Å². The highest BCUT2D eigenvalue weighted by atomic mass is 16.5. The van der Waals surface area contributed by atoms with Gasteiger partial charge in [-0.2, -0.15) is 0 Å². The molecule has 0 spiro atoms. The second kappa shape index (κ2) is 3.62. The molecule has 0 aromatic rings. The van der Waals surface area contributed by atoms with Crippen LogP contribution >= 0.6 is 0 Å². The Balaban J connectivity index is 2.07. The monoisotopic (exact) mass is 142 g/mol. The average molecular weight is 142 g/mol. The Labute approximate surface area is 61.5 Å². The number of hydrogen-bond acceptors (Lipinski definition) is 2. The first-order valence-corrected chi connectivity index (χ1v) is 3.68. The van der Waals surface area contributed by atoms with Crippen molar-refractivity contribution in [1.29, 1.82) is 0 Å². The molecule has 1 fully saturated rings. The molecule has 2 heteroatoms. The summed E-state index contributed by atoms with van der Waals surface area (Å²) < 4.78 is 4.78. The average Bonchev–Trinajstić information content (AvgIpc) is 2.65. The zero-order valence-electron chi connectivity index (χ0n) is 6.29. The van der Waals surface area contributed by atoms with Crippen molar-refractivity contribution < 1.29 is 9.84 Å². The fourth-order valence-electron chi connectivity index (χ4n) is 1.18. The van der Waals surface area contributed by atoms with Gasteiger partial charge >= 0.3 is 0 Å². The first-order valence-electron chi connectivity index (χ1n) is 3.68. The maximum atomic E-state index is 8.56. The van der Waals surface area contributed by atoms with Gasteiger partial charge in [-0.3, -0.25) is 0 Å². The number of aliphatic hydroxyl groups is 1. The highest BCUT2D eigenvalue weighted by Gasteiger charge is 2.33. The van der Waals surface area contributed by atoms with E-state index in [1.54, 1.807) is 13.4 Å². The molecule has 0 heterocycles. The number of methoxy groups -OCH3 is 1. The number of aliphatic hydroxyl groups excluding tert-OH is 1. The predicted molar refractivity (Wildman–Crippen MR) is 39.4 cm³/mol. The number of rotatable bonds is 4. The van der Waals surface area contributed by atoms with Gasteiger partial charge in [-0.1, -0.05) is 0 Å². The van der Waals surface area contributed by atoms with Gasteiger partial charge in [0.1, 0.15) is 0 Å². The van der Waals surface area contributed by atoms with Gasteiger partial charge in [-0.25, -0.2) is 0 Å². The van der Waals surface area contributed by atoms with Crippen LogP contribution in [0.1, 0.15) is 12.8 Å². The largest absolute Gasteiger partial charge is 0.505 e. The zero-order chi connectivity index (χ0) is 7.40. The molecule has 0 amide bonds. The molecule has 0 saturated heterocycles. The maximum Gasteiger partial charge on any atom is 0.0787 e. The fourth-order valence-corrected chi connectivity index (χ4v) is 1.18. The molecule has 2 unspecified atom stereocenters. The van der Waals surface area contributed by atoms with Crippen LogP contribution in [0, 0.1) is 11.8 Å². The van der Waals surface area contributed by atoms with Crippen LogP contribution in [0.15, 0.2) is 12.3 Å². The Morgan fingerprint density at radius 3 is 3.10 bits per heavy atom. The lowest BCUT2D eigenvalue weighted by Crippen LogP contribution is -1.85. The third kappa shape index (κ3) is 2.03. The van der Waals surface area contributed by atoms with Crippen molar-refractivity contribution in [3.8, 4) is 0 Å². The maximum absolute atomic E-state index is 8.56. The number of allylic oxidation sites excluding steroid dienone is 1. The second-order valence-corrected chi connectivity index (χ2v) is 2.74. The second-order valence-electron chi connectivity index (χ2n) is 2.74. The topological polar surface area (TPSA) is 29.5 Å². The lowest BCUT2D eigenvalue weighted by Gasteiger charge is -1.89. The minimum Gasteiger partial charge on any atom is -0.505 e. The highest BCUT2D eigenvalue weighted by molar-refractivity contribution is 4.99. The van der Waals surface area contributed by atoms with Crippen molar-refractivity contribution in [2.24, 2.45) is 11.8 Å². The summed E-state index contributed by atoms with van der Waals surface area (Å²) >= 11 is 0. The van der Waals surface area contributed by atoms with Gasteiger partial charge in [0.05, 0.1) is 13.4 Å². The molecule has 58 valence electrons. The Kier molecular flexibility index (Phi) is 2.75. The standard InChI is InChI=1S/C8H14O2/c1-10-5-3-8-6-7(8)2-4-9/h3,5,7-9H,2,4,6H2,1H3/b5-3+. The molecular formula is C8H14O2. The van der Waals surface area contributed by atoms with Crippen LogP contribution in [-0.4, -0.2) is 18.8 Å². The van der Waals surface area contributed by atoms with Gasteiger partial charge in [0.25, 0.3) is 0 Å². The van der Waals surface area contributed by atoms with E-state index in [-0.39, 0.29) is 0 Å². The molecule has 0 radical (unpaired) electrons. The van der Waals surface area contributed by atoms with Gasteiger partial charge in [0.2, 0.25) is 0 Å². The molecule has 2 atom stereocenters. The summed E-state index contributed by atoms with van der Waals surface area (Å²) in [5, 5.41) is 8.56. The highest BCUT2D eigenvalue weighted by Crippen LogP contribution is 2.41. The van der Waals surface area contributed by atoms with Crippen LogP contribution in [-0.2, 0) is 4.74 Å².